The van der Waals surface area contributed by atoms with Crippen LogP contribution in [-0.2, 0) is 6.54 Å². The van der Waals surface area contributed by atoms with Gasteiger partial charge >= 0.3 is 0 Å². The van der Waals surface area contributed by atoms with Crippen molar-refractivity contribution in [3.05, 3.63) is 28.2 Å². The van der Waals surface area contributed by atoms with Gasteiger partial charge in [-0.15, -0.1) is 0 Å². The summed E-state index contributed by atoms with van der Waals surface area (Å²) in [5, 5.41) is 12.5. The van der Waals surface area contributed by atoms with E-state index in [1.807, 2.05) is 26.0 Å². The third kappa shape index (κ3) is 6.97. The van der Waals surface area contributed by atoms with Crippen molar-refractivity contribution in [2.45, 2.75) is 53.1 Å². The van der Waals surface area contributed by atoms with Gasteiger partial charge in [-0.25, -0.2) is 0 Å². The second-order valence-corrected chi connectivity index (χ2v) is 7.87. The lowest BCUT2D eigenvalue weighted by Crippen LogP contribution is -2.35. The van der Waals surface area contributed by atoms with Crippen molar-refractivity contribution < 1.29 is 4.74 Å². The summed E-state index contributed by atoms with van der Waals surface area (Å²) < 4.78 is 6.92. The zero-order valence-electron chi connectivity index (χ0n) is 13.6. The molecule has 0 fully saturated rings. The van der Waals surface area contributed by atoms with E-state index in [0.717, 1.165) is 22.3 Å². The maximum absolute atomic E-state index is 9.03. The Balaban J connectivity index is 2.71. The van der Waals surface area contributed by atoms with Gasteiger partial charge in [0, 0.05) is 22.1 Å². The topological polar surface area (TPSA) is 45.0 Å². The van der Waals surface area contributed by atoms with Crippen LogP contribution in [0.25, 0.3) is 0 Å². The van der Waals surface area contributed by atoms with E-state index >= 15 is 0 Å². The number of halogens is 1. The fourth-order valence-electron chi connectivity index (χ4n) is 1.66. The van der Waals surface area contributed by atoms with Gasteiger partial charge < -0.3 is 10.1 Å². The molecule has 0 aromatic heterocycles. The van der Waals surface area contributed by atoms with Gasteiger partial charge in [0.2, 0.25) is 0 Å². The van der Waals surface area contributed by atoms with E-state index in [4.69, 9.17) is 10.00 Å². The van der Waals surface area contributed by atoms with Crippen LogP contribution in [-0.4, -0.2) is 12.1 Å². The van der Waals surface area contributed by atoms with E-state index in [1.54, 1.807) is 0 Å². The Labute approximate surface area is 136 Å². The highest BCUT2D eigenvalue weighted by Crippen LogP contribution is 2.25. The molecule has 4 heteroatoms. The minimum atomic E-state index is -0.348. The number of nitrogens with zero attached hydrogens (tertiary/aromatic N) is 1. The molecule has 0 saturated carbocycles. The first kappa shape index (κ1) is 18.0. The van der Waals surface area contributed by atoms with Crippen LogP contribution in [0, 0.1) is 16.7 Å². The maximum atomic E-state index is 9.03. The van der Waals surface area contributed by atoms with Gasteiger partial charge in [0.1, 0.15) is 5.75 Å². The van der Waals surface area contributed by atoms with Gasteiger partial charge in [-0.05, 0) is 59.2 Å². The molecule has 1 rings (SSSR count). The first-order valence-electron chi connectivity index (χ1n) is 7.20. The zero-order valence-corrected chi connectivity index (χ0v) is 15.2. The van der Waals surface area contributed by atoms with Crippen molar-refractivity contribution in [3.8, 4) is 11.8 Å². The molecule has 0 saturated heterocycles. The molecule has 1 aromatic rings. The van der Waals surface area contributed by atoms with E-state index in [1.165, 1.54) is 0 Å². The summed E-state index contributed by atoms with van der Waals surface area (Å²) in [4.78, 5) is 0. The molecule has 0 aliphatic rings. The maximum Gasteiger partial charge on any atom is 0.123 e. The quantitative estimate of drug-likeness (QED) is 0.809. The molecule has 0 unspecified atom stereocenters. The first-order valence-corrected chi connectivity index (χ1v) is 8.00. The summed E-state index contributed by atoms with van der Waals surface area (Å²) in [5.74, 6) is 0.878. The smallest absolute Gasteiger partial charge is 0.123 e. The van der Waals surface area contributed by atoms with Crippen molar-refractivity contribution in [1.29, 1.82) is 5.26 Å². The third-order valence-electron chi connectivity index (χ3n) is 3.12. The van der Waals surface area contributed by atoms with Crippen molar-refractivity contribution in [2.75, 3.05) is 6.61 Å². The van der Waals surface area contributed by atoms with Crippen molar-refractivity contribution in [3.63, 3.8) is 0 Å². The molecule has 116 valence electrons. The van der Waals surface area contributed by atoms with Gasteiger partial charge in [-0.3, -0.25) is 0 Å². The Hall–Kier alpha value is -1.05. The van der Waals surface area contributed by atoms with E-state index in [9.17, 15) is 0 Å². The number of nitrogens with one attached hydrogen (secondary N) is 1. The van der Waals surface area contributed by atoms with E-state index in [-0.39, 0.29) is 11.0 Å². The molecular weight excluding hydrogens is 328 g/mol. The Morgan fingerprint density at radius 2 is 1.90 bits per heavy atom. The number of ether oxygens (including phenoxy) is 1. The minimum Gasteiger partial charge on any atom is -0.493 e. The predicted molar refractivity (Wildman–Crippen MR) is 90.2 cm³/mol. The van der Waals surface area contributed by atoms with Gasteiger partial charge in [0.05, 0.1) is 18.1 Å². The third-order valence-corrected chi connectivity index (χ3v) is 3.61. The number of hydrogen-bond acceptors (Lipinski definition) is 3. The zero-order chi connectivity index (χ0) is 16.1. The molecule has 0 aliphatic carbocycles. The predicted octanol–water partition coefficient (Wildman–Crippen LogP) is 4.66. The summed E-state index contributed by atoms with van der Waals surface area (Å²) in [6, 6.07) is 8.32. The fourth-order valence-corrected chi connectivity index (χ4v) is 2.07. The Morgan fingerprint density at radius 3 is 2.48 bits per heavy atom. The number of hydrogen-bond donors (Lipinski definition) is 1. The summed E-state index contributed by atoms with van der Waals surface area (Å²) >= 11 is 3.50. The molecule has 0 spiro atoms. The van der Waals surface area contributed by atoms with Gasteiger partial charge in [0.25, 0.3) is 0 Å². The normalized spacial score (nSPS) is 12.0. The van der Waals surface area contributed by atoms with Crippen molar-refractivity contribution in [2.24, 2.45) is 5.41 Å². The molecule has 3 nitrogen and oxygen atoms in total. The molecule has 0 aliphatic heterocycles. The van der Waals surface area contributed by atoms with Crippen molar-refractivity contribution in [1.82, 2.24) is 5.32 Å². The molecule has 1 N–H and O–H groups in total. The highest BCUT2D eigenvalue weighted by atomic mass is 79.9. The Morgan fingerprint density at radius 1 is 1.24 bits per heavy atom. The van der Waals surface area contributed by atoms with E-state index < -0.39 is 0 Å². The van der Waals surface area contributed by atoms with Crippen LogP contribution >= 0.6 is 15.9 Å². The second-order valence-electron chi connectivity index (χ2n) is 6.95. The van der Waals surface area contributed by atoms with Crippen molar-refractivity contribution >= 4 is 15.9 Å². The molecular formula is C17H25BrN2O. The second kappa shape index (κ2) is 7.29. The number of benzene rings is 1. The fraction of sp³-hybridized carbons (Fsp3) is 0.588. The number of nitriles is 1. The van der Waals surface area contributed by atoms with E-state index in [2.05, 4.69) is 54.2 Å². The first-order chi connectivity index (χ1) is 9.63. The summed E-state index contributed by atoms with van der Waals surface area (Å²) in [6.45, 7) is 11.6. The molecule has 1 aromatic carbocycles. The highest BCUT2D eigenvalue weighted by molar-refractivity contribution is 9.10. The lowest BCUT2D eigenvalue weighted by atomic mass is 9.92. The van der Waals surface area contributed by atoms with Gasteiger partial charge in [0.15, 0.2) is 0 Å². The lowest BCUT2D eigenvalue weighted by molar-refractivity contribution is 0.261. The average molecular weight is 353 g/mol. The minimum absolute atomic E-state index is 0.0579. The summed E-state index contributed by atoms with van der Waals surface area (Å²) in [5.41, 5.74) is 0.829. The number of rotatable bonds is 6. The molecule has 0 heterocycles. The van der Waals surface area contributed by atoms with Gasteiger partial charge in [-0.2, -0.15) is 5.26 Å². The van der Waals surface area contributed by atoms with Crippen LogP contribution < -0.4 is 10.1 Å². The lowest BCUT2D eigenvalue weighted by Gasteiger charge is -2.22. The van der Waals surface area contributed by atoms with Crippen LogP contribution in [0.2, 0.25) is 0 Å². The van der Waals surface area contributed by atoms with Crippen LogP contribution in [0.15, 0.2) is 22.7 Å². The Kier molecular flexibility index (Phi) is 6.24. The summed E-state index contributed by atoms with van der Waals surface area (Å²) in [6.07, 6.45) is 0.714. The van der Waals surface area contributed by atoms with Crippen LogP contribution in [0.4, 0.5) is 0 Å². The SMILES string of the molecule is CC(C)(C#N)CCOc1ccc(Br)cc1CNC(C)(C)C. The van der Waals surface area contributed by atoms with Crippen LogP contribution in [0.5, 0.6) is 5.75 Å². The standard InChI is InChI=1S/C17H25BrN2O/c1-16(2,3)20-11-13-10-14(18)6-7-15(13)21-9-8-17(4,5)12-19/h6-7,10,20H,8-9,11H2,1-5H3. The molecule has 21 heavy (non-hydrogen) atoms. The van der Waals surface area contributed by atoms with Gasteiger partial charge in [-0.1, -0.05) is 15.9 Å². The van der Waals surface area contributed by atoms with Crippen LogP contribution in [0.3, 0.4) is 0 Å². The summed E-state index contributed by atoms with van der Waals surface area (Å²) in [7, 11) is 0. The molecule has 0 radical (unpaired) electrons. The molecule has 0 bridgehead atoms. The Bertz CT molecular complexity index is 513. The van der Waals surface area contributed by atoms with E-state index in [0.29, 0.717) is 13.0 Å². The highest BCUT2D eigenvalue weighted by Gasteiger charge is 2.17. The molecule has 0 atom stereocenters. The van der Waals surface area contributed by atoms with Crippen LogP contribution in [0.1, 0.15) is 46.6 Å². The molecule has 0 amide bonds. The average Bonchev–Trinajstić information content (AvgIpc) is 2.37. The monoisotopic (exact) mass is 352 g/mol. The largest absolute Gasteiger partial charge is 0.493 e.